The lowest BCUT2D eigenvalue weighted by molar-refractivity contribution is -0.134. The number of hydrogen-bond acceptors (Lipinski definition) is 3. The second-order valence-corrected chi connectivity index (χ2v) is 6.10. The molecule has 0 radical (unpaired) electrons. The maximum atomic E-state index is 14.3. The van der Waals surface area contributed by atoms with Crippen LogP contribution in [-0.2, 0) is 9.53 Å². The minimum absolute atomic E-state index is 0.00483. The van der Waals surface area contributed by atoms with Crippen LogP contribution in [-0.4, -0.2) is 31.7 Å². The number of benzene rings is 2. The van der Waals surface area contributed by atoms with Crippen molar-refractivity contribution in [2.24, 2.45) is 0 Å². The molecule has 25 heavy (non-hydrogen) atoms. The molecule has 2 aromatic carbocycles. The number of carbonyl (C=O) groups excluding carboxylic acids is 1. The highest BCUT2D eigenvalue weighted by molar-refractivity contribution is 6.31. The smallest absolute Gasteiger partial charge is 0.251 e. The fourth-order valence-electron chi connectivity index (χ4n) is 2.74. The minimum atomic E-state index is -0.928. The first-order valence-electron chi connectivity index (χ1n) is 7.88. The average molecular weight is 367 g/mol. The molecule has 0 saturated carbocycles. The van der Waals surface area contributed by atoms with E-state index in [4.69, 9.17) is 16.3 Å². The third kappa shape index (κ3) is 4.15. The van der Waals surface area contributed by atoms with Crippen LogP contribution in [0.2, 0.25) is 5.02 Å². The summed E-state index contributed by atoms with van der Waals surface area (Å²) in [5.74, 6) is -1.65. The molecule has 7 heteroatoms. The van der Waals surface area contributed by atoms with Gasteiger partial charge in [0.2, 0.25) is 0 Å². The Kier molecular flexibility index (Phi) is 5.63. The molecular formula is C18H17ClF2N2O2. The van der Waals surface area contributed by atoms with Crippen LogP contribution in [0.25, 0.3) is 0 Å². The lowest BCUT2D eigenvalue weighted by atomic mass is 9.97. The maximum Gasteiger partial charge on any atom is 0.251 e. The first kappa shape index (κ1) is 17.8. The van der Waals surface area contributed by atoms with E-state index in [9.17, 15) is 13.6 Å². The lowest BCUT2D eigenvalue weighted by Crippen LogP contribution is -2.48. The quantitative estimate of drug-likeness (QED) is 0.875. The van der Waals surface area contributed by atoms with Crippen molar-refractivity contribution in [2.75, 3.05) is 19.7 Å². The number of halogens is 3. The summed E-state index contributed by atoms with van der Waals surface area (Å²) in [5, 5.41) is 6.13. The Morgan fingerprint density at radius 3 is 2.76 bits per heavy atom. The average Bonchev–Trinajstić information content (AvgIpc) is 2.63. The lowest BCUT2D eigenvalue weighted by Gasteiger charge is -2.27. The van der Waals surface area contributed by atoms with Crippen LogP contribution < -0.4 is 10.6 Å². The van der Waals surface area contributed by atoms with Crippen molar-refractivity contribution in [3.8, 4) is 0 Å². The first-order valence-corrected chi connectivity index (χ1v) is 8.26. The molecule has 132 valence electrons. The van der Waals surface area contributed by atoms with Gasteiger partial charge in [-0.3, -0.25) is 4.79 Å². The topological polar surface area (TPSA) is 50.4 Å². The van der Waals surface area contributed by atoms with Crippen molar-refractivity contribution < 1.29 is 18.3 Å². The molecule has 2 atom stereocenters. The Morgan fingerprint density at radius 2 is 2.04 bits per heavy atom. The molecule has 0 aromatic heterocycles. The van der Waals surface area contributed by atoms with Gasteiger partial charge in [0.1, 0.15) is 17.7 Å². The standard InChI is InChI=1S/C18H17ClF2N2O2/c19-14-4-2-1-3-12(14)17(13-9-11(20)5-6-15(13)21)23-18(24)16-10-22-7-8-25-16/h1-6,9,16-17,22H,7-8,10H2,(H,23,24). The highest BCUT2D eigenvalue weighted by Gasteiger charge is 2.28. The van der Waals surface area contributed by atoms with Gasteiger partial charge in [0.25, 0.3) is 5.91 Å². The third-order valence-electron chi connectivity index (χ3n) is 3.99. The van der Waals surface area contributed by atoms with Crippen molar-refractivity contribution in [1.82, 2.24) is 10.6 Å². The van der Waals surface area contributed by atoms with Crippen molar-refractivity contribution in [3.63, 3.8) is 0 Å². The monoisotopic (exact) mass is 366 g/mol. The van der Waals surface area contributed by atoms with E-state index in [2.05, 4.69) is 10.6 Å². The second kappa shape index (κ2) is 7.91. The van der Waals surface area contributed by atoms with Gasteiger partial charge < -0.3 is 15.4 Å². The molecule has 1 fully saturated rings. The molecule has 1 saturated heterocycles. The molecule has 2 N–H and O–H groups in total. The molecule has 3 rings (SSSR count). The van der Waals surface area contributed by atoms with Gasteiger partial charge in [0.05, 0.1) is 12.6 Å². The first-order chi connectivity index (χ1) is 12.1. The van der Waals surface area contributed by atoms with Crippen molar-refractivity contribution in [1.29, 1.82) is 0 Å². The van der Waals surface area contributed by atoms with Gasteiger partial charge in [-0.1, -0.05) is 29.8 Å². The highest BCUT2D eigenvalue weighted by atomic mass is 35.5. The Bertz CT molecular complexity index is 766. The summed E-state index contributed by atoms with van der Waals surface area (Å²) in [4.78, 5) is 12.5. The van der Waals surface area contributed by atoms with Gasteiger partial charge in [-0.05, 0) is 29.8 Å². The molecule has 2 unspecified atom stereocenters. The van der Waals surface area contributed by atoms with Crippen LogP contribution in [0.1, 0.15) is 17.2 Å². The predicted molar refractivity (Wildman–Crippen MR) is 90.4 cm³/mol. The van der Waals surface area contributed by atoms with Crippen LogP contribution in [0.3, 0.4) is 0 Å². The summed E-state index contributed by atoms with van der Waals surface area (Å²) in [6.45, 7) is 1.42. The van der Waals surface area contributed by atoms with E-state index < -0.39 is 29.7 Å². The highest BCUT2D eigenvalue weighted by Crippen LogP contribution is 2.30. The Morgan fingerprint density at radius 1 is 1.24 bits per heavy atom. The molecule has 0 bridgehead atoms. The van der Waals surface area contributed by atoms with Crippen LogP contribution in [0.4, 0.5) is 8.78 Å². The van der Waals surface area contributed by atoms with Gasteiger partial charge in [-0.2, -0.15) is 0 Å². The van der Waals surface area contributed by atoms with Gasteiger partial charge in [0, 0.05) is 23.7 Å². The Balaban J connectivity index is 1.96. The fourth-order valence-corrected chi connectivity index (χ4v) is 2.98. The van der Waals surface area contributed by atoms with Gasteiger partial charge in [-0.15, -0.1) is 0 Å². The number of morpholine rings is 1. The van der Waals surface area contributed by atoms with E-state index in [1.54, 1.807) is 24.3 Å². The molecule has 1 amide bonds. The summed E-state index contributed by atoms with van der Waals surface area (Å²) in [6.07, 6.45) is -0.699. The fraction of sp³-hybridized carbons (Fsp3) is 0.278. The van der Waals surface area contributed by atoms with Gasteiger partial charge in [-0.25, -0.2) is 8.78 Å². The van der Waals surface area contributed by atoms with Crippen molar-refractivity contribution in [3.05, 3.63) is 70.2 Å². The van der Waals surface area contributed by atoms with E-state index in [1.807, 2.05) is 0 Å². The van der Waals surface area contributed by atoms with Gasteiger partial charge in [0.15, 0.2) is 0 Å². The second-order valence-electron chi connectivity index (χ2n) is 5.69. The SMILES string of the molecule is O=C(NC(c1cc(F)ccc1F)c1ccccc1Cl)C1CNCCO1. The predicted octanol–water partition coefficient (Wildman–Crippen LogP) is 2.81. The van der Waals surface area contributed by atoms with E-state index in [1.165, 1.54) is 0 Å². The number of nitrogens with one attached hydrogen (secondary N) is 2. The number of hydrogen-bond donors (Lipinski definition) is 2. The number of amides is 1. The molecule has 0 spiro atoms. The van der Waals surface area contributed by atoms with Crippen molar-refractivity contribution >= 4 is 17.5 Å². The molecule has 4 nitrogen and oxygen atoms in total. The number of rotatable bonds is 4. The zero-order chi connectivity index (χ0) is 17.8. The normalized spacial score (nSPS) is 18.6. The zero-order valence-electron chi connectivity index (χ0n) is 13.3. The van der Waals surface area contributed by atoms with Gasteiger partial charge >= 0.3 is 0 Å². The van der Waals surface area contributed by atoms with E-state index >= 15 is 0 Å². The number of carbonyl (C=O) groups is 1. The Labute approximate surface area is 149 Å². The minimum Gasteiger partial charge on any atom is -0.366 e. The van der Waals surface area contributed by atoms with Crippen LogP contribution in [0.5, 0.6) is 0 Å². The molecule has 1 aliphatic rings. The van der Waals surface area contributed by atoms with E-state index in [0.717, 1.165) is 18.2 Å². The third-order valence-corrected chi connectivity index (χ3v) is 4.34. The summed E-state index contributed by atoms with van der Waals surface area (Å²) >= 11 is 6.22. The summed E-state index contributed by atoms with van der Waals surface area (Å²) in [6, 6.07) is 8.92. The summed E-state index contributed by atoms with van der Waals surface area (Å²) in [7, 11) is 0. The molecule has 2 aromatic rings. The van der Waals surface area contributed by atoms with Crippen molar-refractivity contribution in [2.45, 2.75) is 12.1 Å². The van der Waals surface area contributed by atoms with E-state index in [-0.39, 0.29) is 5.56 Å². The van der Waals surface area contributed by atoms with Crippen LogP contribution in [0, 0.1) is 11.6 Å². The summed E-state index contributed by atoms with van der Waals surface area (Å²) < 4.78 is 33.4. The zero-order valence-corrected chi connectivity index (χ0v) is 14.0. The maximum absolute atomic E-state index is 14.3. The van der Waals surface area contributed by atoms with Crippen LogP contribution in [0.15, 0.2) is 42.5 Å². The van der Waals surface area contributed by atoms with Crippen LogP contribution >= 0.6 is 11.6 Å². The molecule has 1 aliphatic heterocycles. The Hall–Kier alpha value is -2.02. The molecule has 1 heterocycles. The van der Waals surface area contributed by atoms with E-state index in [0.29, 0.717) is 30.3 Å². The molecular weight excluding hydrogens is 350 g/mol. The largest absolute Gasteiger partial charge is 0.366 e. The number of ether oxygens (including phenoxy) is 1. The summed E-state index contributed by atoms with van der Waals surface area (Å²) in [5.41, 5.74) is 0.482. The molecule has 0 aliphatic carbocycles.